The lowest BCUT2D eigenvalue weighted by Crippen LogP contribution is -2.54. The van der Waals surface area contributed by atoms with Crippen LogP contribution in [0, 0.1) is 5.41 Å². The molecule has 7 heteroatoms. The molecule has 0 aliphatic carbocycles. The molecule has 0 saturated carbocycles. The third-order valence-corrected chi connectivity index (χ3v) is 4.77. The molecule has 1 heterocycles. The number of benzene rings is 1. The van der Waals surface area contributed by atoms with Gasteiger partial charge in [0.25, 0.3) is 0 Å². The molecule has 0 bridgehead atoms. The fourth-order valence-electron chi connectivity index (χ4n) is 2.85. The number of likely N-dealkylation sites (N-methyl/N-ethyl adjacent to an activating group) is 1. The molecule has 0 spiro atoms. The lowest BCUT2D eigenvalue weighted by molar-refractivity contribution is -0.147. The predicted molar refractivity (Wildman–Crippen MR) is 98.9 cm³/mol. The van der Waals surface area contributed by atoms with Crippen molar-refractivity contribution < 1.29 is 19.1 Å². The van der Waals surface area contributed by atoms with Gasteiger partial charge in [0.1, 0.15) is 5.41 Å². The second-order valence-electron chi connectivity index (χ2n) is 6.87. The summed E-state index contributed by atoms with van der Waals surface area (Å²) in [7, 11) is 1.31. The van der Waals surface area contributed by atoms with Crippen LogP contribution >= 0.6 is 0 Å². The van der Waals surface area contributed by atoms with Crippen LogP contribution in [-0.4, -0.2) is 67.4 Å². The number of anilines is 1. The van der Waals surface area contributed by atoms with Gasteiger partial charge in [0.15, 0.2) is 0 Å². The van der Waals surface area contributed by atoms with E-state index in [9.17, 15) is 14.4 Å². The first-order chi connectivity index (χ1) is 12.3. The summed E-state index contributed by atoms with van der Waals surface area (Å²) < 4.78 is 4.65. The van der Waals surface area contributed by atoms with Crippen molar-refractivity contribution in [3.05, 3.63) is 29.8 Å². The zero-order valence-corrected chi connectivity index (χ0v) is 15.9. The van der Waals surface area contributed by atoms with Crippen LogP contribution in [0.3, 0.4) is 0 Å². The monoisotopic (exact) mass is 361 g/mol. The number of amides is 2. The van der Waals surface area contributed by atoms with Crippen LogP contribution in [0.1, 0.15) is 31.1 Å². The Morgan fingerprint density at radius 1 is 1.08 bits per heavy atom. The Bertz CT molecular complexity index is 662. The summed E-state index contributed by atoms with van der Waals surface area (Å²) in [6, 6.07) is 6.37. The fraction of sp³-hybridized carbons (Fsp3) is 0.526. The molecule has 1 aliphatic rings. The van der Waals surface area contributed by atoms with Crippen molar-refractivity contribution in [3.63, 3.8) is 0 Å². The normalized spacial score (nSPS) is 15.5. The van der Waals surface area contributed by atoms with E-state index in [0.717, 1.165) is 19.6 Å². The third kappa shape index (κ3) is 4.40. The van der Waals surface area contributed by atoms with Crippen LogP contribution in [0.25, 0.3) is 0 Å². The van der Waals surface area contributed by atoms with Crippen molar-refractivity contribution in [2.24, 2.45) is 5.41 Å². The van der Waals surface area contributed by atoms with E-state index in [0.29, 0.717) is 24.3 Å². The second kappa shape index (κ2) is 8.31. The van der Waals surface area contributed by atoms with E-state index < -0.39 is 11.4 Å². The van der Waals surface area contributed by atoms with Crippen LogP contribution in [0.2, 0.25) is 0 Å². The zero-order valence-electron chi connectivity index (χ0n) is 15.9. The average Bonchev–Trinajstić information content (AvgIpc) is 2.67. The van der Waals surface area contributed by atoms with E-state index in [1.54, 1.807) is 43.0 Å². The minimum atomic E-state index is -1.17. The SMILES string of the molecule is CCN1CCN(C(=O)C(C)(C)C(=O)Nc2ccc(C(=O)OC)cc2)CC1. The largest absolute Gasteiger partial charge is 0.465 e. The lowest BCUT2D eigenvalue weighted by Gasteiger charge is -2.37. The van der Waals surface area contributed by atoms with E-state index in [4.69, 9.17) is 0 Å². The number of rotatable bonds is 5. The van der Waals surface area contributed by atoms with Crippen LogP contribution < -0.4 is 5.32 Å². The van der Waals surface area contributed by atoms with Crippen molar-refractivity contribution in [1.29, 1.82) is 0 Å². The summed E-state index contributed by atoms with van der Waals surface area (Å²) in [6.45, 7) is 9.27. The molecule has 0 unspecified atom stereocenters. The molecule has 142 valence electrons. The topological polar surface area (TPSA) is 79.0 Å². The molecule has 1 saturated heterocycles. The maximum Gasteiger partial charge on any atom is 0.337 e. The maximum atomic E-state index is 12.8. The second-order valence-corrected chi connectivity index (χ2v) is 6.87. The highest BCUT2D eigenvalue weighted by Gasteiger charge is 2.40. The van der Waals surface area contributed by atoms with Crippen molar-refractivity contribution in [2.75, 3.05) is 45.2 Å². The molecule has 1 N–H and O–H groups in total. The van der Waals surface area contributed by atoms with Crippen molar-refractivity contribution in [3.8, 4) is 0 Å². The molecule has 2 rings (SSSR count). The van der Waals surface area contributed by atoms with Gasteiger partial charge in [-0.25, -0.2) is 4.79 Å². The van der Waals surface area contributed by atoms with E-state index in [2.05, 4.69) is 21.9 Å². The Kier molecular flexibility index (Phi) is 6.37. The molecule has 0 aromatic heterocycles. The Labute approximate surface area is 154 Å². The maximum absolute atomic E-state index is 12.8. The number of hydrogen-bond donors (Lipinski definition) is 1. The summed E-state index contributed by atoms with van der Waals surface area (Å²) in [5.41, 5.74) is -0.246. The van der Waals surface area contributed by atoms with E-state index in [-0.39, 0.29) is 11.8 Å². The fourth-order valence-corrected chi connectivity index (χ4v) is 2.85. The van der Waals surface area contributed by atoms with E-state index >= 15 is 0 Å². The first kappa shape index (κ1) is 19.9. The van der Waals surface area contributed by atoms with Gasteiger partial charge in [-0.3, -0.25) is 9.59 Å². The van der Waals surface area contributed by atoms with Crippen molar-refractivity contribution >= 4 is 23.5 Å². The van der Waals surface area contributed by atoms with Gasteiger partial charge in [-0.05, 0) is 44.7 Å². The molecule has 1 aliphatic heterocycles. The minimum Gasteiger partial charge on any atom is -0.465 e. The molecule has 1 aromatic carbocycles. The highest BCUT2D eigenvalue weighted by Crippen LogP contribution is 2.23. The molecular formula is C19H27N3O4. The van der Waals surface area contributed by atoms with Gasteiger partial charge in [0.2, 0.25) is 11.8 Å². The molecule has 7 nitrogen and oxygen atoms in total. The number of carbonyl (C=O) groups is 3. The molecule has 0 radical (unpaired) electrons. The Hall–Kier alpha value is -2.41. The Balaban J connectivity index is 2.00. The van der Waals surface area contributed by atoms with E-state index in [1.807, 2.05) is 0 Å². The third-order valence-electron chi connectivity index (χ3n) is 4.77. The Morgan fingerprint density at radius 2 is 1.65 bits per heavy atom. The van der Waals surface area contributed by atoms with E-state index in [1.165, 1.54) is 7.11 Å². The molecule has 0 atom stereocenters. The number of piperazine rings is 1. The van der Waals surface area contributed by atoms with Crippen LogP contribution in [-0.2, 0) is 14.3 Å². The molecule has 2 amide bonds. The average molecular weight is 361 g/mol. The number of methoxy groups -OCH3 is 1. The first-order valence-corrected chi connectivity index (χ1v) is 8.81. The molecule has 1 fully saturated rings. The van der Waals surface area contributed by atoms with Gasteiger partial charge in [0.05, 0.1) is 12.7 Å². The zero-order chi connectivity index (χ0) is 19.3. The first-order valence-electron chi connectivity index (χ1n) is 8.81. The summed E-state index contributed by atoms with van der Waals surface area (Å²) >= 11 is 0. The van der Waals surface area contributed by atoms with Crippen molar-refractivity contribution in [1.82, 2.24) is 9.80 Å². The van der Waals surface area contributed by atoms with Gasteiger partial charge >= 0.3 is 5.97 Å². The number of nitrogens with zero attached hydrogens (tertiary/aromatic N) is 2. The van der Waals surface area contributed by atoms with Gasteiger partial charge in [-0.15, -0.1) is 0 Å². The predicted octanol–water partition coefficient (Wildman–Crippen LogP) is 1.60. The summed E-state index contributed by atoms with van der Waals surface area (Å²) in [4.78, 5) is 41.0. The Morgan fingerprint density at radius 3 is 2.15 bits per heavy atom. The highest BCUT2D eigenvalue weighted by molar-refractivity contribution is 6.10. The number of esters is 1. The highest BCUT2D eigenvalue weighted by atomic mass is 16.5. The van der Waals surface area contributed by atoms with Crippen LogP contribution in [0.4, 0.5) is 5.69 Å². The van der Waals surface area contributed by atoms with Gasteiger partial charge in [-0.1, -0.05) is 6.92 Å². The van der Waals surface area contributed by atoms with Crippen molar-refractivity contribution in [2.45, 2.75) is 20.8 Å². The number of carbonyl (C=O) groups excluding carboxylic acids is 3. The van der Waals surface area contributed by atoms with Gasteiger partial charge in [-0.2, -0.15) is 0 Å². The van der Waals surface area contributed by atoms with Crippen LogP contribution in [0.15, 0.2) is 24.3 Å². The van der Waals surface area contributed by atoms with Gasteiger partial charge < -0.3 is 19.9 Å². The van der Waals surface area contributed by atoms with Gasteiger partial charge in [0, 0.05) is 31.9 Å². The number of hydrogen-bond acceptors (Lipinski definition) is 5. The summed E-state index contributed by atoms with van der Waals surface area (Å²) in [5.74, 6) is -0.979. The summed E-state index contributed by atoms with van der Waals surface area (Å²) in [6.07, 6.45) is 0. The standard InChI is InChI=1S/C19H27N3O4/c1-5-21-10-12-22(13-11-21)18(25)19(2,3)17(24)20-15-8-6-14(7-9-15)16(23)26-4/h6-9H,5,10-13H2,1-4H3,(H,20,24). The molecule has 26 heavy (non-hydrogen) atoms. The smallest absolute Gasteiger partial charge is 0.337 e. The van der Waals surface area contributed by atoms with Crippen LogP contribution in [0.5, 0.6) is 0 Å². The molecule has 1 aromatic rings. The lowest BCUT2D eigenvalue weighted by atomic mass is 9.89. The quantitative estimate of drug-likeness (QED) is 0.637. The molecular weight excluding hydrogens is 334 g/mol. The number of nitrogens with one attached hydrogen (secondary N) is 1. The summed E-state index contributed by atoms with van der Waals surface area (Å²) in [5, 5.41) is 2.76. The number of ether oxygens (including phenoxy) is 1. The minimum absolute atomic E-state index is 0.170.